The number of rotatable bonds is 16. The Kier molecular flexibility index (Phi) is 25.7. The third-order valence-electron chi connectivity index (χ3n) is 19.5. The molecule has 1 aliphatic rings. The standard InChI is InChI=1S/C17H14FN7OS.C16H18FN7O2S.C16H12FN7OS.C15H13FN8OS.C15H11FN8OS/c1-8-5-10(3-4-20-8)12-9(2)24-27-17(12)22-16(26)13-14(19)23-25-7-11(18)6-21-15(13)25;1-9-11(8-23-2-4-26-5-3-23)16(27-22-9)20-15(25)12-13(18)21-24-7-10(17)6-19-14(12)24;1-8-11(9-2-4-19-5-3-9)16(26-23-8)21-15(25)12-13(18)22-24-7-10(17)6-20-14(12)24;1-7-10(8-3-19-23(2)5-8)15(26-22-7)20-14(25)11-12(17)21-24-6-9(16)4-18-13(11)24;1-7-10(8-2-18-6-19-3-8)15(26-23-7)21-14(25)11-12(17)22-24-5-9(16)4-20-13(11)24/h3-7H,1-2H3,(H2,19,23)(H,22,26);6-7H,2-5,8H2,1H3,(H2,18,21)(H,20,25);2-7H,1H3,(H2,18,22)(H,21,25);3-6H,1-2H3,(H2,17,21)(H,20,25);2-6H,1H3,(H2,17,22)(H,21,25). The fourth-order valence-corrected chi connectivity index (χ4v) is 17.7. The van der Waals surface area contributed by atoms with E-state index in [0.29, 0.717) is 44.8 Å². The number of morpholine rings is 1. The van der Waals surface area contributed by atoms with E-state index in [-0.39, 0.29) is 85.1 Å². The number of carbonyl (C=O) groups excluding carboxylic acids is 5. The summed E-state index contributed by atoms with van der Waals surface area (Å²) in [4.78, 5) is 102. The summed E-state index contributed by atoms with van der Waals surface area (Å²) in [7, 11) is 1.81. The number of anilines is 10. The predicted molar refractivity (Wildman–Crippen MR) is 481 cm³/mol. The Morgan fingerprint density at radius 3 is 1.05 bits per heavy atom. The Labute approximate surface area is 758 Å². The van der Waals surface area contributed by atoms with Gasteiger partial charge in [0.25, 0.3) is 29.5 Å². The molecule has 20 heterocycles. The molecule has 43 nitrogen and oxygen atoms in total. The van der Waals surface area contributed by atoms with Gasteiger partial charge in [0.1, 0.15) is 59.1 Å². The largest absolute Gasteiger partial charge is 0.381 e. The monoisotopic (exact) mass is 1890 g/mol. The molecule has 0 bridgehead atoms. The number of hydrogen-bond acceptors (Lipinski definition) is 37. The highest BCUT2D eigenvalue weighted by Gasteiger charge is 2.31. The number of amides is 5. The first kappa shape index (κ1) is 89.2. The van der Waals surface area contributed by atoms with E-state index in [1.165, 1.54) is 29.4 Å². The second-order valence-corrected chi connectivity index (χ2v) is 32.4. The number of nitrogen functional groups attached to an aromatic ring is 5. The Bertz CT molecular complexity index is 7450. The van der Waals surface area contributed by atoms with Gasteiger partial charge in [0, 0.05) is 109 Å². The van der Waals surface area contributed by atoms with Gasteiger partial charge in [-0.25, -0.2) is 79.4 Å². The molecule has 0 aliphatic carbocycles. The number of ether oxygens (including phenoxy) is 1. The Hall–Kier alpha value is -16.2. The molecule has 19 aromatic rings. The van der Waals surface area contributed by atoms with E-state index in [0.717, 1.165) is 216 Å². The minimum Gasteiger partial charge on any atom is -0.381 e. The van der Waals surface area contributed by atoms with E-state index in [1.54, 1.807) is 48.9 Å². The van der Waals surface area contributed by atoms with Crippen LogP contribution in [0.3, 0.4) is 0 Å². The van der Waals surface area contributed by atoms with Gasteiger partial charge in [0.15, 0.2) is 86.4 Å². The second kappa shape index (κ2) is 38.0. The van der Waals surface area contributed by atoms with E-state index in [1.807, 2.05) is 72.0 Å². The molecular weight excluding hydrogens is 1820 g/mol. The second-order valence-electron chi connectivity index (χ2n) is 28.6. The molecule has 19 aromatic heterocycles. The lowest BCUT2D eigenvalue weighted by atomic mass is 10.1. The minimum absolute atomic E-state index is 0.0124. The number of aromatic nitrogens is 26. The first-order valence-electron chi connectivity index (χ1n) is 38.7. The minimum atomic E-state index is -0.587. The Morgan fingerprint density at radius 1 is 0.379 bits per heavy atom. The molecule has 20 rings (SSSR count). The molecule has 0 aromatic carbocycles. The first-order chi connectivity index (χ1) is 63.5. The van der Waals surface area contributed by atoms with Crippen LogP contribution in [0.1, 0.15) is 91.5 Å². The summed E-state index contributed by atoms with van der Waals surface area (Å²) in [5, 5.41) is 40.8. The zero-order valence-electron chi connectivity index (χ0n) is 69.6. The van der Waals surface area contributed by atoms with Crippen LogP contribution < -0.4 is 55.3 Å². The summed E-state index contributed by atoms with van der Waals surface area (Å²) in [6.45, 7) is 14.9. The summed E-state index contributed by atoms with van der Waals surface area (Å²) in [6.07, 6.45) is 23.8. The number of halogens is 5. The van der Waals surface area contributed by atoms with Gasteiger partial charge in [-0.15, -0.1) is 25.5 Å². The van der Waals surface area contributed by atoms with Crippen LogP contribution in [-0.4, -0.2) is 185 Å². The maximum atomic E-state index is 13.3. The van der Waals surface area contributed by atoms with E-state index in [9.17, 15) is 45.9 Å². The average molecular weight is 1890 g/mol. The van der Waals surface area contributed by atoms with Crippen LogP contribution in [0.25, 0.3) is 72.7 Å². The molecule has 0 saturated carbocycles. The van der Waals surface area contributed by atoms with Crippen LogP contribution in [0.4, 0.5) is 76.0 Å². The van der Waals surface area contributed by atoms with Crippen molar-refractivity contribution in [3.63, 3.8) is 0 Å². The molecule has 0 radical (unpaired) electrons. The number of nitrogens with two attached hydrogens (primary N) is 5. The number of nitrogens with one attached hydrogen (secondary N) is 5. The van der Waals surface area contributed by atoms with E-state index < -0.39 is 58.6 Å². The Balaban J connectivity index is 0.000000120. The molecule has 670 valence electrons. The van der Waals surface area contributed by atoms with Crippen LogP contribution in [0.2, 0.25) is 0 Å². The van der Waals surface area contributed by atoms with Crippen molar-refractivity contribution >= 4 is 170 Å². The van der Waals surface area contributed by atoms with Crippen molar-refractivity contribution in [1.82, 2.24) is 129 Å². The molecule has 1 saturated heterocycles. The number of nitrogens with zero attached hydrogens (tertiary/aromatic N) is 27. The van der Waals surface area contributed by atoms with E-state index in [2.05, 4.69) is 129 Å². The van der Waals surface area contributed by atoms with Crippen molar-refractivity contribution in [2.45, 2.75) is 48.1 Å². The molecule has 5 amide bonds. The number of hydrogen-bond donors (Lipinski definition) is 10. The topological polar surface area (TPSA) is 573 Å². The molecule has 15 N–H and O–H groups in total. The normalized spacial score (nSPS) is 11.9. The maximum Gasteiger partial charge on any atom is 0.264 e. The van der Waals surface area contributed by atoms with Crippen LogP contribution in [0.5, 0.6) is 0 Å². The molecule has 0 atom stereocenters. The highest BCUT2D eigenvalue weighted by Crippen LogP contribution is 2.40. The summed E-state index contributed by atoms with van der Waals surface area (Å²) in [5.74, 6) is -5.50. The van der Waals surface area contributed by atoms with Gasteiger partial charge in [-0.2, -0.15) is 27.0 Å². The van der Waals surface area contributed by atoms with Crippen molar-refractivity contribution < 1.29 is 50.7 Å². The molecule has 1 aliphatic heterocycles. The SMILES string of the molecule is Cc1cc(-c2c(C)nsc2NC(=O)c2c(N)nn3cc(F)cnc23)ccn1.Cc1nsc(NC(=O)c2c(N)nn3cc(F)cnc23)c1-c1ccncc1.Cc1nsc(NC(=O)c2c(N)nn3cc(F)cnc23)c1-c1cncnc1.Cc1nsc(NC(=O)c2c(N)nn3cc(F)cnc23)c1-c1cnn(C)c1.Cc1nsc(NC(=O)c2c(N)nn3cc(F)cnc23)c1CN1CCOCC1. The smallest absolute Gasteiger partial charge is 0.264 e. The van der Waals surface area contributed by atoms with Crippen LogP contribution >= 0.6 is 57.7 Å². The van der Waals surface area contributed by atoms with E-state index in [4.69, 9.17) is 33.4 Å². The highest BCUT2D eigenvalue weighted by molar-refractivity contribution is 7.12. The number of pyridine rings is 2. The molecule has 1 fully saturated rings. The third-order valence-corrected chi connectivity index (χ3v) is 23.8. The van der Waals surface area contributed by atoms with Crippen molar-refractivity contribution in [3.8, 4) is 44.5 Å². The first-order valence-corrected chi connectivity index (χ1v) is 42.6. The zero-order chi connectivity index (χ0) is 93.0. The lowest BCUT2D eigenvalue weighted by Gasteiger charge is -2.26. The average Bonchev–Trinajstić information content (AvgIpc) is 1.64. The third kappa shape index (κ3) is 18.9. The lowest BCUT2D eigenvalue weighted by molar-refractivity contribution is 0.0342. The van der Waals surface area contributed by atoms with Gasteiger partial charge >= 0.3 is 0 Å². The fraction of sp³-hybridized carbons (Fsp3) is 0.152. The molecule has 53 heteroatoms. The van der Waals surface area contributed by atoms with Crippen LogP contribution in [0.15, 0.2) is 136 Å². The molecule has 132 heavy (non-hydrogen) atoms. The zero-order valence-corrected chi connectivity index (χ0v) is 73.7. The van der Waals surface area contributed by atoms with Crippen molar-refractivity contribution in [2.75, 3.05) is 81.6 Å². The molecular formula is C79H68F5N37O6S5. The summed E-state index contributed by atoms with van der Waals surface area (Å²) in [5.41, 5.74) is 42.7. The number of fused-ring (bicyclic) bond motifs is 5. The van der Waals surface area contributed by atoms with E-state index >= 15 is 0 Å². The van der Waals surface area contributed by atoms with Crippen molar-refractivity contribution in [2.24, 2.45) is 7.05 Å². The van der Waals surface area contributed by atoms with Crippen molar-refractivity contribution in [1.29, 1.82) is 0 Å². The van der Waals surface area contributed by atoms with Gasteiger partial charge < -0.3 is 60.0 Å². The number of carbonyl (C=O) groups is 5. The molecule has 0 unspecified atom stereocenters. The predicted octanol–water partition coefficient (Wildman–Crippen LogP) is 10.5. The van der Waals surface area contributed by atoms with Gasteiger partial charge in [0.05, 0.1) is 110 Å². The maximum absolute atomic E-state index is 13.3. The van der Waals surface area contributed by atoms with Crippen LogP contribution in [0, 0.1) is 70.6 Å². The van der Waals surface area contributed by atoms with Gasteiger partial charge in [0.2, 0.25) is 0 Å². The van der Waals surface area contributed by atoms with Gasteiger partial charge in [-0.3, -0.25) is 43.5 Å². The summed E-state index contributed by atoms with van der Waals surface area (Å²) >= 11 is 5.82. The van der Waals surface area contributed by atoms with Crippen LogP contribution in [-0.2, 0) is 18.3 Å². The number of aryl methyl sites for hydroxylation is 7. The van der Waals surface area contributed by atoms with Gasteiger partial charge in [-0.05, 0) is 135 Å². The summed E-state index contributed by atoms with van der Waals surface area (Å²) < 4.78 is 101. The fourth-order valence-electron chi connectivity index (χ4n) is 13.6. The quantitative estimate of drug-likeness (QED) is 0.0402. The molecule has 0 spiro atoms. The van der Waals surface area contributed by atoms with Crippen molar-refractivity contribution in [3.05, 3.63) is 233 Å². The lowest BCUT2D eigenvalue weighted by Crippen LogP contribution is -2.35. The summed E-state index contributed by atoms with van der Waals surface area (Å²) in [6, 6.07) is 7.44. The Morgan fingerprint density at radius 2 is 0.697 bits per heavy atom. The van der Waals surface area contributed by atoms with Gasteiger partial charge in [-0.1, -0.05) is 0 Å². The highest BCUT2D eigenvalue weighted by atomic mass is 32.1.